The normalized spacial score (nSPS) is 16.6. The molecule has 3 aromatic rings. The fraction of sp³-hybridized carbons (Fsp3) is 0.312. The lowest BCUT2D eigenvalue weighted by Crippen LogP contribution is -2.29. The van der Waals surface area contributed by atoms with E-state index in [4.69, 9.17) is 9.47 Å². The van der Waals surface area contributed by atoms with Crippen LogP contribution in [0.3, 0.4) is 0 Å². The van der Waals surface area contributed by atoms with E-state index in [1.807, 2.05) is 48.5 Å². The Labute approximate surface area is 230 Å². The quantitative estimate of drug-likeness (QED) is 0.200. The average Bonchev–Trinajstić information content (AvgIpc) is 3.23. The number of nitrogens with zero attached hydrogens (tertiary/aromatic N) is 2. The number of aliphatic hydroxyl groups excluding tert-OH is 1. The van der Waals surface area contributed by atoms with Crippen LogP contribution in [0.4, 0.5) is 11.4 Å². The van der Waals surface area contributed by atoms with Gasteiger partial charge in [-0.2, -0.15) is 0 Å². The highest BCUT2D eigenvalue weighted by Crippen LogP contribution is 2.44. The molecule has 0 radical (unpaired) electrons. The largest absolute Gasteiger partial charge is 0.507 e. The van der Waals surface area contributed by atoms with Crippen LogP contribution in [0.2, 0.25) is 0 Å². The van der Waals surface area contributed by atoms with Crippen molar-refractivity contribution in [3.05, 3.63) is 89.0 Å². The van der Waals surface area contributed by atoms with Crippen molar-refractivity contribution >= 4 is 28.8 Å². The van der Waals surface area contributed by atoms with Crippen LogP contribution in [0.1, 0.15) is 56.3 Å². The van der Waals surface area contributed by atoms with Crippen molar-refractivity contribution in [1.82, 2.24) is 0 Å². The molecule has 0 spiro atoms. The topological polar surface area (TPSA) is 79.3 Å². The number of carbonyl (C=O) groups is 2. The lowest BCUT2D eigenvalue weighted by Gasteiger charge is -2.27. The summed E-state index contributed by atoms with van der Waals surface area (Å²) in [6.45, 7) is 10.1. The number of anilines is 2. The number of Topliss-reactive ketones (excluding diaryl/α,β-unsaturated/α-hetero) is 1. The molecule has 0 bridgehead atoms. The molecule has 7 nitrogen and oxygen atoms in total. The molecule has 39 heavy (non-hydrogen) atoms. The van der Waals surface area contributed by atoms with E-state index in [1.54, 1.807) is 18.2 Å². The predicted octanol–water partition coefficient (Wildman–Crippen LogP) is 6.30. The Morgan fingerprint density at radius 1 is 0.923 bits per heavy atom. The van der Waals surface area contributed by atoms with Gasteiger partial charge in [0, 0.05) is 30.5 Å². The van der Waals surface area contributed by atoms with Gasteiger partial charge in [0.15, 0.2) is 0 Å². The molecule has 1 saturated heterocycles. The Balaban J connectivity index is 1.91. The van der Waals surface area contributed by atoms with E-state index < -0.39 is 17.7 Å². The van der Waals surface area contributed by atoms with Crippen molar-refractivity contribution in [2.75, 3.05) is 37.1 Å². The second-order valence-electron chi connectivity index (χ2n) is 9.75. The Morgan fingerprint density at radius 2 is 1.56 bits per heavy atom. The summed E-state index contributed by atoms with van der Waals surface area (Å²) in [7, 11) is 3.01. The minimum absolute atomic E-state index is 0.00647. The summed E-state index contributed by atoms with van der Waals surface area (Å²) in [6, 6.07) is 19.5. The first kappa shape index (κ1) is 27.8. The molecule has 1 heterocycles. The summed E-state index contributed by atoms with van der Waals surface area (Å²) in [6.07, 6.45) is 0. The number of ether oxygens (including phenoxy) is 2. The number of rotatable bonds is 9. The van der Waals surface area contributed by atoms with Crippen LogP contribution in [0, 0.1) is 0 Å². The van der Waals surface area contributed by atoms with Gasteiger partial charge in [-0.05, 0) is 67.3 Å². The molecular formula is C32H36N2O5. The molecular weight excluding hydrogens is 492 g/mol. The third kappa shape index (κ3) is 5.21. The maximum absolute atomic E-state index is 13.6. The standard InChI is InChI=1S/C32H36N2O5/c1-7-33(8-2)23-13-11-22(12-14-23)29-28(30(35)26-18-17-25(38-5)19-27(26)39-6)31(36)32(37)34(29)24-15-9-21(10-16-24)20(3)4/h9-20,29,35H,7-8H2,1-6H3/b30-28-. The zero-order chi connectivity index (χ0) is 28.3. The Morgan fingerprint density at radius 3 is 2.10 bits per heavy atom. The highest BCUT2D eigenvalue weighted by atomic mass is 16.5. The predicted molar refractivity (Wildman–Crippen MR) is 155 cm³/mol. The highest BCUT2D eigenvalue weighted by Gasteiger charge is 2.47. The fourth-order valence-corrected chi connectivity index (χ4v) is 5.03. The van der Waals surface area contributed by atoms with Gasteiger partial charge in [0.05, 0.1) is 31.4 Å². The SMILES string of the molecule is CCN(CC)c1ccc(C2/C(=C(/O)c3ccc(OC)cc3OC)C(=O)C(=O)N2c2ccc(C(C)C)cc2)cc1. The Bertz CT molecular complexity index is 1370. The van der Waals surface area contributed by atoms with Gasteiger partial charge in [0.1, 0.15) is 17.3 Å². The number of hydrogen-bond acceptors (Lipinski definition) is 6. The van der Waals surface area contributed by atoms with Crippen LogP contribution in [-0.4, -0.2) is 44.1 Å². The van der Waals surface area contributed by atoms with Crippen LogP contribution in [0.15, 0.2) is 72.3 Å². The van der Waals surface area contributed by atoms with E-state index in [0.717, 1.165) is 24.3 Å². The van der Waals surface area contributed by atoms with Crippen molar-refractivity contribution in [2.24, 2.45) is 0 Å². The van der Waals surface area contributed by atoms with E-state index in [9.17, 15) is 14.7 Å². The fourth-order valence-electron chi connectivity index (χ4n) is 5.03. The molecule has 1 aliphatic heterocycles. The number of benzene rings is 3. The Hall–Kier alpha value is -4.26. The smallest absolute Gasteiger partial charge is 0.300 e. The Kier molecular flexibility index (Phi) is 8.29. The molecule has 1 unspecified atom stereocenters. The maximum Gasteiger partial charge on any atom is 0.300 e. The first-order valence-electron chi connectivity index (χ1n) is 13.2. The second kappa shape index (κ2) is 11.6. The van der Waals surface area contributed by atoms with E-state index in [-0.39, 0.29) is 11.3 Å². The van der Waals surface area contributed by atoms with E-state index in [2.05, 4.69) is 32.6 Å². The third-order valence-electron chi connectivity index (χ3n) is 7.28. The lowest BCUT2D eigenvalue weighted by atomic mass is 9.94. The molecule has 1 aliphatic rings. The maximum atomic E-state index is 13.6. The summed E-state index contributed by atoms with van der Waals surface area (Å²) in [4.78, 5) is 30.8. The number of methoxy groups -OCH3 is 2. The zero-order valence-corrected chi connectivity index (χ0v) is 23.4. The van der Waals surface area contributed by atoms with Gasteiger partial charge in [0.2, 0.25) is 0 Å². The molecule has 1 N–H and O–H groups in total. The minimum atomic E-state index is -0.826. The second-order valence-corrected chi connectivity index (χ2v) is 9.75. The number of hydrogen-bond donors (Lipinski definition) is 1. The van der Waals surface area contributed by atoms with E-state index in [0.29, 0.717) is 34.2 Å². The minimum Gasteiger partial charge on any atom is -0.507 e. The van der Waals surface area contributed by atoms with Gasteiger partial charge in [-0.25, -0.2) is 0 Å². The first-order valence-corrected chi connectivity index (χ1v) is 13.2. The highest BCUT2D eigenvalue weighted by molar-refractivity contribution is 6.51. The van der Waals surface area contributed by atoms with E-state index >= 15 is 0 Å². The average molecular weight is 529 g/mol. The van der Waals surface area contributed by atoms with Gasteiger partial charge >= 0.3 is 0 Å². The monoisotopic (exact) mass is 528 g/mol. The van der Waals surface area contributed by atoms with Crippen LogP contribution < -0.4 is 19.3 Å². The van der Waals surface area contributed by atoms with Crippen LogP contribution in [0.25, 0.3) is 5.76 Å². The van der Waals surface area contributed by atoms with Crippen LogP contribution >= 0.6 is 0 Å². The molecule has 204 valence electrons. The van der Waals surface area contributed by atoms with Crippen molar-refractivity contribution in [1.29, 1.82) is 0 Å². The number of amides is 1. The first-order chi connectivity index (χ1) is 18.7. The molecule has 0 saturated carbocycles. The van der Waals surface area contributed by atoms with Gasteiger partial charge in [-0.1, -0.05) is 38.1 Å². The molecule has 0 aromatic heterocycles. The van der Waals surface area contributed by atoms with E-state index in [1.165, 1.54) is 19.1 Å². The van der Waals surface area contributed by atoms with Gasteiger partial charge in [0.25, 0.3) is 11.7 Å². The number of carbonyl (C=O) groups excluding carboxylic acids is 2. The molecule has 3 aromatic carbocycles. The molecule has 4 rings (SSSR count). The van der Waals surface area contributed by atoms with Crippen molar-refractivity contribution in [3.63, 3.8) is 0 Å². The van der Waals surface area contributed by atoms with Gasteiger partial charge < -0.3 is 19.5 Å². The van der Waals surface area contributed by atoms with Crippen LogP contribution in [-0.2, 0) is 9.59 Å². The zero-order valence-electron chi connectivity index (χ0n) is 23.4. The summed E-state index contributed by atoms with van der Waals surface area (Å²) >= 11 is 0. The van der Waals surface area contributed by atoms with Crippen molar-refractivity contribution in [3.8, 4) is 11.5 Å². The number of ketones is 1. The summed E-state index contributed by atoms with van der Waals surface area (Å²) in [5, 5.41) is 11.6. The third-order valence-corrected chi connectivity index (χ3v) is 7.28. The van der Waals surface area contributed by atoms with Crippen molar-refractivity contribution in [2.45, 2.75) is 39.7 Å². The van der Waals surface area contributed by atoms with Crippen LogP contribution in [0.5, 0.6) is 11.5 Å². The van der Waals surface area contributed by atoms with Crippen molar-refractivity contribution < 1.29 is 24.2 Å². The summed E-state index contributed by atoms with van der Waals surface area (Å²) in [5.41, 5.74) is 3.77. The number of aliphatic hydroxyl groups is 1. The molecule has 1 amide bonds. The lowest BCUT2D eigenvalue weighted by molar-refractivity contribution is -0.132. The molecule has 1 atom stereocenters. The summed E-state index contributed by atoms with van der Waals surface area (Å²) in [5.74, 6) is -0.560. The molecule has 0 aliphatic carbocycles. The van der Waals surface area contributed by atoms with Gasteiger partial charge in [-0.15, -0.1) is 0 Å². The molecule has 1 fully saturated rings. The summed E-state index contributed by atoms with van der Waals surface area (Å²) < 4.78 is 10.8. The molecule has 7 heteroatoms. The van der Waals surface area contributed by atoms with Gasteiger partial charge in [-0.3, -0.25) is 14.5 Å².